The highest BCUT2D eigenvalue weighted by atomic mass is 19.3. The van der Waals surface area contributed by atoms with Gasteiger partial charge in [-0.1, -0.05) is 18.7 Å². The molecule has 1 aromatic rings. The van der Waals surface area contributed by atoms with Crippen molar-refractivity contribution < 1.29 is 23.0 Å². The van der Waals surface area contributed by atoms with E-state index in [1.807, 2.05) is 23.1 Å². The summed E-state index contributed by atoms with van der Waals surface area (Å²) >= 11 is 0. The van der Waals surface area contributed by atoms with Gasteiger partial charge in [0, 0.05) is 90.2 Å². The maximum atomic E-state index is 14.6. The number of amides is 1. The largest absolute Gasteiger partial charge is 0.382 e. The number of likely N-dealkylation sites (N-methyl/N-ethyl adjacent to an activating group) is 1. The highest BCUT2D eigenvalue weighted by molar-refractivity contribution is 5.87. The van der Waals surface area contributed by atoms with Gasteiger partial charge < -0.3 is 24.2 Å². The number of ether oxygens (including phenoxy) is 2. The van der Waals surface area contributed by atoms with E-state index in [2.05, 4.69) is 50.3 Å². The van der Waals surface area contributed by atoms with Crippen molar-refractivity contribution in [2.24, 2.45) is 0 Å². The number of anilines is 2. The molecule has 6 aliphatic rings. The lowest BCUT2D eigenvalue weighted by molar-refractivity contribution is -0.160. The smallest absolute Gasteiger partial charge is 0.281 e. The van der Waals surface area contributed by atoms with Gasteiger partial charge >= 0.3 is 0 Å². The Kier molecular flexibility index (Phi) is 8.12. The van der Waals surface area contributed by atoms with Gasteiger partial charge in [-0.3, -0.25) is 14.7 Å². The lowest BCUT2D eigenvalue weighted by Crippen LogP contribution is -2.69. The van der Waals surface area contributed by atoms with Crippen molar-refractivity contribution in [2.45, 2.75) is 56.3 Å². The molecule has 1 amide bonds. The van der Waals surface area contributed by atoms with Gasteiger partial charge in [0.2, 0.25) is 5.91 Å². The molecule has 7 rings (SSSR count). The maximum Gasteiger partial charge on any atom is 0.281 e. The first-order chi connectivity index (χ1) is 21.7. The minimum absolute atomic E-state index is 0.0236. The van der Waals surface area contributed by atoms with Gasteiger partial charge in [-0.05, 0) is 37.8 Å². The van der Waals surface area contributed by atoms with Gasteiger partial charge in [0.1, 0.15) is 17.1 Å². The summed E-state index contributed by atoms with van der Waals surface area (Å²) in [5, 5.41) is 4.64. The molecule has 244 valence electrons. The molecule has 3 unspecified atom stereocenters. The molecular formula is C33H45F2N7O3. The zero-order valence-corrected chi connectivity index (χ0v) is 26.6. The van der Waals surface area contributed by atoms with E-state index < -0.39 is 12.0 Å². The van der Waals surface area contributed by atoms with Crippen molar-refractivity contribution >= 4 is 23.5 Å². The fourth-order valence-electron chi connectivity index (χ4n) is 8.56. The number of nitrogens with zero attached hydrogens (tertiary/aromatic N) is 7. The first kappa shape index (κ1) is 30.6. The van der Waals surface area contributed by atoms with E-state index in [9.17, 15) is 13.6 Å². The summed E-state index contributed by atoms with van der Waals surface area (Å²) in [7, 11) is 3.84. The Balaban J connectivity index is 1.10. The minimum Gasteiger partial charge on any atom is -0.382 e. The highest BCUT2D eigenvalue weighted by Crippen LogP contribution is 2.47. The fraction of sp³-hybridized carbons (Fsp3) is 0.636. The number of methoxy groups -OCH3 is 1. The number of hydrogen-bond donors (Lipinski definition) is 0. The molecule has 4 fully saturated rings. The van der Waals surface area contributed by atoms with Gasteiger partial charge in [0.05, 0.1) is 30.6 Å². The quantitative estimate of drug-likeness (QED) is 0.444. The average molecular weight is 626 g/mol. The SMILES string of the molecule is C=CC(=O)N1CCN(C2CN3c4cc(N5CCC6(CC5)OCC(COC)N5C6=C(C)CN5C)nc(C(F)F)c4C=CCC23)CC1. The second kappa shape index (κ2) is 11.9. The number of hydrogen-bond acceptors (Lipinski definition) is 9. The third-order valence-electron chi connectivity index (χ3n) is 10.8. The van der Waals surface area contributed by atoms with Gasteiger partial charge in [0.15, 0.2) is 0 Å². The van der Waals surface area contributed by atoms with Gasteiger partial charge in [-0.25, -0.2) is 18.8 Å². The van der Waals surface area contributed by atoms with Crippen LogP contribution in [0.5, 0.6) is 0 Å². The number of fused-ring (bicyclic) bond motifs is 5. The Labute approximate surface area is 264 Å². The first-order valence-corrected chi connectivity index (χ1v) is 16.2. The number of aromatic nitrogens is 1. The topological polar surface area (TPSA) is 67.9 Å². The van der Waals surface area contributed by atoms with Crippen LogP contribution in [0.1, 0.15) is 43.9 Å². The second-order valence-electron chi connectivity index (χ2n) is 13.3. The van der Waals surface area contributed by atoms with Crippen molar-refractivity contribution in [1.82, 2.24) is 24.8 Å². The van der Waals surface area contributed by atoms with Crippen LogP contribution in [0, 0.1) is 0 Å². The van der Waals surface area contributed by atoms with E-state index in [1.54, 1.807) is 7.11 Å². The molecule has 0 saturated carbocycles. The molecular weight excluding hydrogens is 580 g/mol. The molecule has 1 aromatic heterocycles. The third kappa shape index (κ3) is 5.14. The van der Waals surface area contributed by atoms with Crippen LogP contribution in [-0.4, -0.2) is 134 Å². The Morgan fingerprint density at radius 1 is 1.20 bits per heavy atom. The molecule has 4 saturated heterocycles. The molecule has 7 heterocycles. The molecule has 0 aromatic carbocycles. The molecule has 3 atom stereocenters. The lowest BCUT2D eigenvalue weighted by atomic mass is 9.84. The summed E-state index contributed by atoms with van der Waals surface area (Å²) < 4.78 is 41.3. The van der Waals surface area contributed by atoms with E-state index in [1.165, 1.54) is 17.3 Å². The predicted octanol–water partition coefficient (Wildman–Crippen LogP) is 3.14. The van der Waals surface area contributed by atoms with Gasteiger partial charge in [-0.15, -0.1) is 0 Å². The van der Waals surface area contributed by atoms with Crippen molar-refractivity contribution in [3.8, 4) is 0 Å². The number of halogens is 2. The zero-order valence-electron chi connectivity index (χ0n) is 26.6. The summed E-state index contributed by atoms with van der Waals surface area (Å²) in [6, 6.07) is 2.69. The third-order valence-corrected chi connectivity index (χ3v) is 10.8. The summed E-state index contributed by atoms with van der Waals surface area (Å²) in [6.07, 6.45) is 4.91. The van der Waals surface area contributed by atoms with E-state index in [0.29, 0.717) is 56.8 Å². The van der Waals surface area contributed by atoms with Crippen LogP contribution in [0.3, 0.4) is 0 Å². The Morgan fingerprint density at radius 3 is 2.64 bits per heavy atom. The minimum atomic E-state index is -2.67. The van der Waals surface area contributed by atoms with Crippen molar-refractivity contribution in [2.75, 3.05) is 89.5 Å². The number of rotatable bonds is 6. The molecule has 12 heteroatoms. The van der Waals surface area contributed by atoms with Gasteiger partial charge in [0.25, 0.3) is 6.43 Å². The van der Waals surface area contributed by atoms with Gasteiger partial charge in [-0.2, -0.15) is 0 Å². The standard InChI is InChI=1S/C33H45F2N7O3/c1-5-29(43)40-15-13-38(14-16-40)27-19-41-25(27)8-6-7-24-26(41)17-28(36-30(24)32(34)35)39-11-9-33(10-12-39)31-22(2)18-37(3)42(31)23(20-44-4)21-45-33/h5-7,17,23,25,27,32H,1,8-16,18-21H2,2-4H3. The zero-order chi connectivity index (χ0) is 31.5. The highest BCUT2D eigenvalue weighted by Gasteiger charge is 2.51. The van der Waals surface area contributed by atoms with E-state index >= 15 is 0 Å². The number of piperazine rings is 1. The normalized spacial score (nSPS) is 28.3. The number of alkyl halides is 2. The van der Waals surface area contributed by atoms with Crippen LogP contribution in [0.4, 0.5) is 20.3 Å². The fourth-order valence-corrected chi connectivity index (χ4v) is 8.56. The average Bonchev–Trinajstić information content (AvgIpc) is 3.27. The molecule has 0 N–H and O–H groups in total. The van der Waals surface area contributed by atoms with Crippen molar-refractivity contribution in [3.63, 3.8) is 0 Å². The Hall–Kier alpha value is -3.06. The van der Waals surface area contributed by atoms with E-state index in [4.69, 9.17) is 9.47 Å². The molecule has 0 aliphatic carbocycles. The van der Waals surface area contributed by atoms with Crippen molar-refractivity contribution in [1.29, 1.82) is 0 Å². The monoisotopic (exact) mass is 625 g/mol. The van der Waals surface area contributed by atoms with E-state index in [-0.39, 0.29) is 23.7 Å². The summed E-state index contributed by atoms with van der Waals surface area (Å²) in [5.41, 5.74) is 3.41. The van der Waals surface area contributed by atoms with E-state index in [0.717, 1.165) is 51.1 Å². The van der Waals surface area contributed by atoms with Crippen LogP contribution in [0.15, 0.2) is 36.1 Å². The number of pyridine rings is 1. The number of hydrazine groups is 1. The molecule has 0 radical (unpaired) electrons. The number of carbonyl (C=O) groups excluding carboxylic acids is 1. The lowest BCUT2D eigenvalue weighted by Gasteiger charge is -2.55. The summed E-state index contributed by atoms with van der Waals surface area (Å²) in [5.74, 6) is 0.594. The Bertz CT molecular complexity index is 1390. The number of piperidine rings is 1. The van der Waals surface area contributed by atoms with Crippen LogP contribution < -0.4 is 9.80 Å². The van der Waals surface area contributed by atoms with Crippen molar-refractivity contribution in [3.05, 3.63) is 47.3 Å². The van der Waals surface area contributed by atoms with Crippen LogP contribution in [0.2, 0.25) is 0 Å². The molecule has 45 heavy (non-hydrogen) atoms. The van der Waals surface area contributed by atoms with Crippen LogP contribution in [0.25, 0.3) is 6.08 Å². The predicted molar refractivity (Wildman–Crippen MR) is 169 cm³/mol. The second-order valence-corrected chi connectivity index (χ2v) is 13.3. The molecule has 6 aliphatic heterocycles. The Morgan fingerprint density at radius 2 is 1.96 bits per heavy atom. The number of morpholine rings is 1. The summed E-state index contributed by atoms with van der Waals surface area (Å²) in [4.78, 5) is 25.4. The van der Waals surface area contributed by atoms with Crippen LogP contribution in [-0.2, 0) is 14.3 Å². The number of carbonyl (C=O) groups is 1. The molecule has 10 nitrogen and oxygen atoms in total. The maximum absolute atomic E-state index is 14.6. The molecule has 1 spiro atoms. The van der Waals surface area contributed by atoms with Crippen LogP contribution >= 0.6 is 0 Å². The first-order valence-electron chi connectivity index (χ1n) is 16.2. The summed E-state index contributed by atoms with van der Waals surface area (Å²) in [6.45, 7) is 13.0. The molecule has 0 bridgehead atoms.